The van der Waals surface area contributed by atoms with E-state index in [-0.39, 0.29) is 18.0 Å². The highest BCUT2D eigenvalue weighted by atomic mass is 35.5. The van der Waals surface area contributed by atoms with E-state index in [1.54, 1.807) is 11.8 Å². The number of carbonyl (C=O) groups is 1. The second kappa shape index (κ2) is 5.55. The Morgan fingerprint density at radius 2 is 1.96 bits per heavy atom. The van der Waals surface area contributed by atoms with Crippen LogP contribution in [0.4, 0.5) is 5.69 Å². The Labute approximate surface area is 145 Å². The van der Waals surface area contributed by atoms with Crippen LogP contribution in [0, 0.1) is 0 Å². The number of hydrogen-bond acceptors (Lipinski definition) is 3. The maximum atomic E-state index is 13.0. The summed E-state index contributed by atoms with van der Waals surface area (Å²) in [4.78, 5) is 19.3. The summed E-state index contributed by atoms with van der Waals surface area (Å²) >= 11 is 7.93. The van der Waals surface area contributed by atoms with Crippen LogP contribution < -0.4 is 4.90 Å². The number of halogens is 1. The Hall–Kier alpha value is -1.49. The zero-order valence-corrected chi connectivity index (χ0v) is 14.6. The Morgan fingerprint density at radius 1 is 1.17 bits per heavy atom. The maximum Gasteiger partial charge on any atom is 0.245 e. The molecule has 0 aliphatic carbocycles. The minimum Gasteiger partial charge on any atom is -0.302 e. The van der Waals surface area contributed by atoms with Crippen molar-refractivity contribution in [2.45, 2.75) is 28.3 Å². The molecule has 1 fully saturated rings. The highest BCUT2D eigenvalue weighted by molar-refractivity contribution is 7.99. The van der Waals surface area contributed by atoms with Gasteiger partial charge in [0, 0.05) is 14.8 Å². The first-order chi connectivity index (χ1) is 11.1. The first-order valence-electron chi connectivity index (χ1n) is 7.62. The molecule has 2 aromatic carbocycles. The van der Waals surface area contributed by atoms with Gasteiger partial charge < -0.3 is 4.90 Å². The molecule has 1 saturated heterocycles. The first-order valence-corrected chi connectivity index (χ1v) is 8.81. The van der Waals surface area contributed by atoms with Crippen molar-refractivity contribution in [2.75, 3.05) is 19.0 Å². The summed E-state index contributed by atoms with van der Waals surface area (Å²) in [5.74, 6) is 0.154. The molecule has 0 bridgehead atoms. The molecule has 1 amide bonds. The fourth-order valence-electron chi connectivity index (χ4n) is 3.45. The second-order valence-electron chi connectivity index (χ2n) is 6.19. The largest absolute Gasteiger partial charge is 0.302 e. The van der Waals surface area contributed by atoms with Gasteiger partial charge in [-0.25, -0.2) is 0 Å². The molecule has 2 aliphatic rings. The monoisotopic (exact) mass is 344 g/mol. The molecule has 2 unspecified atom stereocenters. The third-order valence-corrected chi connectivity index (χ3v) is 5.97. The molecule has 3 nitrogen and oxygen atoms in total. The van der Waals surface area contributed by atoms with Gasteiger partial charge in [0.1, 0.15) is 0 Å². The van der Waals surface area contributed by atoms with Crippen LogP contribution in [-0.4, -0.2) is 30.9 Å². The number of rotatable bonds is 1. The van der Waals surface area contributed by atoms with Crippen LogP contribution >= 0.6 is 23.4 Å². The molecule has 0 N–H and O–H groups in total. The molecule has 5 heteroatoms. The van der Waals surface area contributed by atoms with E-state index in [1.165, 1.54) is 10.5 Å². The van der Waals surface area contributed by atoms with Gasteiger partial charge in [-0.1, -0.05) is 41.6 Å². The van der Waals surface area contributed by atoms with E-state index in [4.69, 9.17) is 11.6 Å². The van der Waals surface area contributed by atoms with Crippen molar-refractivity contribution in [3.05, 3.63) is 53.1 Å². The van der Waals surface area contributed by atoms with Gasteiger partial charge in [0.2, 0.25) is 5.91 Å². The van der Waals surface area contributed by atoms with E-state index >= 15 is 0 Å². The average molecular weight is 345 g/mol. The summed E-state index contributed by atoms with van der Waals surface area (Å²) in [6.07, 6.45) is 0.801. The van der Waals surface area contributed by atoms with Gasteiger partial charge in [-0.3, -0.25) is 9.69 Å². The molecule has 23 heavy (non-hydrogen) atoms. The van der Waals surface area contributed by atoms with E-state index < -0.39 is 0 Å². The zero-order chi connectivity index (χ0) is 16.1. The quantitative estimate of drug-likeness (QED) is 0.774. The van der Waals surface area contributed by atoms with Crippen molar-refractivity contribution < 1.29 is 4.79 Å². The molecule has 0 spiro atoms. The lowest BCUT2D eigenvalue weighted by atomic mass is 10.0. The number of amides is 1. The van der Waals surface area contributed by atoms with Crippen molar-refractivity contribution in [3.8, 4) is 0 Å². The van der Waals surface area contributed by atoms with Crippen molar-refractivity contribution in [1.29, 1.82) is 0 Å². The molecule has 2 atom stereocenters. The van der Waals surface area contributed by atoms with Crippen molar-refractivity contribution >= 4 is 35.0 Å². The Morgan fingerprint density at radius 3 is 2.74 bits per heavy atom. The molecule has 118 valence electrons. The molecule has 0 saturated carbocycles. The molecule has 0 radical (unpaired) electrons. The average Bonchev–Trinajstić information content (AvgIpc) is 2.80. The predicted molar refractivity (Wildman–Crippen MR) is 94.3 cm³/mol. The van der Waals surface area contributed by atoms with Crippen molar-refractivity contribution in [2.24, 2.45) is 0 Å². The number of hydrogen-bond donors (Lipinski definition) is 0. The van der Waals surface area contributed by atoms with Gasteiger partial charge in [-0.15, -0.1) is 0 Å². The minimum absolute atomic E-state index is 0.0679. The van der Waals surface area contributed by atoms with E-state index in [2.05, 4.69) is 18.2 Å². The fraction of sp³-hybridized carbons (Fsp3) is 0.278. The second-order valence-corrected chi connectivity index (χ2v) is 7.71. The van der Waals surface area contributed by atoms with Gasteiger partial charge in [0.05, 0.1) is 17.8 Å². The number of benzene rings is 2. The SMILES string of the molecule is CN(C)C1CC2c3ccccc3Sc3ccc(Cl)cc3N2C1=O. The molecule has 4 rings (SSSR count). The zero-order valence-electron chi connectivity index (χ0n) is 13.0. The van der Waals surface area contributed by atoms with E-state index in [0.29, 0.717) is 5.02 Å². The van der Waals surface area contributed by atoms with Gasteiger partial charge in [0.15, 0.2) is 0 Å². The van der Waals surface area contributed by atoms with Crippen LogP contribution in [0.5, 0.6) is 0 Å². The lowest BCUT2D eigenvalue weighted by Gasteiger charge is -2.25. The van der Waals surface area contributed by atoms with E-state index in [9.17, 15) is 4.79 Å². The van der Waals surface area contributed by atoms with Gasteiger partial charge in [0.25, 0.3) is 0 Å². The fourth-order valence-corrected chi connectivity index (χ4v) is 4.72. The number of nitrogens with zero attached hydrogens (tertiary/aromatic N) is 2. The first kappa shape index (κ1) is 15.1. The Bertz CT molecular complexity index is 792. The topological polar surface area (TPSA) is 23.6 Å². The number of carbonyl (C=O) groups excluding carboxylic acids is 1. The molecule has 2 heterocycles. The lowest BCUT2D eigenvalue weighted by Crippen LogP contribution is -2.37. The summed E-state index contributed by atoms with van der Waals surface area (Å²) in [6.45, 7) is 0. The standard InChI is InChI=1S/C18H17ClN2OS/c1-20(2)15-10-13-12-5-3-4-6-16(12)23-17-8-7-11(19)9-14(17)21(13)18(15)22/h3-9,13,15H,10H2,1-2H3. The Balaban J connectivity index is 1.94. The van der Waals surface area contributed by atoms with Crippen LogP contribution in [-0.2, 0) is 4.79 Å². The predicted octanol–water partition coefficient (Wildman–Crippen LogP) is 4.21. The van der Waals surface area contributed by atoms with Gasteiger partial charge in [-0.05, 0) is 50.3 Å². The summed E-state index contributed by atoms with van der Waals surface area (Å²) in [7, 11) is 3.93. The number of fused-ring (bicyclic) bond motifs is 5. The number of likely N-dealkylation sites (N-methyl/N-ethyl adjacent to an activating group) is 1. The smallest absolute Gasteiger partial charge is 0.245 e. The van der Waals surface area contributed by atoms with Crippen molar-refractivity contribution in [3.63, 3.8) is 0 Å². The van der Waals surface area contributed by atoms with Crippen LogP contribution in [0.15, 0.2) is 52.3 Å². The van der Waals surface area contributed by atoms with Gasteiger partial charge >= 0.3 is 0 Å². The molecular weight excluding hydrogens is 328 g/mol. The maximum absolute atomic E-state index is 13.0. The minimum atomic E-state index is -0.0945. The van der Waals surface area contributed by atoms with E-state index in [0.717, 1.165) is 17.0 Å². The summed E-state index contributed by atoms with van der Waals surface area (Å²) < 4.78 is 0. The third kappa shape index (κ3) is 2.36. The van der Waals surface area contributed by atoms with Crippen LogP contribution in [0.25, 0.3) is 0 Å². The lowest BCUT2D eigenvalue weighted by molar-refractivity contribution is -0.120. The van der Waals surface area contributed by atoms with Gasteiger partial charge in [-0.2, -0.15) is 0 Å². The third-order valence-electron chi connectivity index (χ3n) is 4.58. The van der Waals surface area contributed by atoms with E-state index in [1.807, 2.05) is 48.2 Å². The molecule has 0 aromatic heterocycles. The summed E-state index contributed by atoms with van der Waals surface area (Å²) in [5.41, 5.74) is 2.15. The summed E-state index contributed by atoms with van der Waals surface area (Å²) in [5, 5.41) is 0.662. The molecule has 2 aromatic rings. The summed E-state index contributed by atoms with van der Waals surface area (Å²) in [6, 6.07) is 14.2. The number of anilines is 1. The van der Waals surface area contributed by atoms with Crippen LogP contribution in [0.1, 0.15) is 18.0 Å². The molecule has 2 aliphatic heterocycles. The van der Waals surface area contributed by atoms with Crippen LogP contribution in [0.2, 0.25) is 5.02 Å². The highest BCUT2D eigenvalue weighted by Gasteiger charge is 2.44. The van der Waals surface area contributed by atoms with Crippen LogP contribution in [0.3, 0.4) is 0 Å². The normalized spacial score (nSPS) is 22.6. The Kier molecular flexibility index (Phi) is 3.63. The molecular formula is C18H17ClN2OS. The van der Waals surface area contributed by atoms with Crippen molar-refractivity contribution in [1.82, 2.24) is 4.90 Å². The highest BCUT2D eigenvalue weighted by Crippen LogP contribution is 2.50.